The van der Waals surface area contributed by atoms with Crippen LogP contribution in [0.4, 0.5) is 0 Å². The van der Waals surface area contributed by atoms with Gasteiger partial charge < -0.3 is 19.5 Å². The second kappa shape index (κ2) is 8.79. The molecule has 1 amide bonds. The molecule has 0 spiro atoms. The van der Waals surface area contributed by atoms with Gasteiger partial charge in [0.1, 0.15) is 5.75 Å². The molecule has 0 aromatic heterocycles. The van der Waals surface area contributed by atoms with Crippen molar-refractivity contribution in [2.75, 3.05) is 40.0 Å². The van der Waals surface area contributed by atoms with Gasteiger partial charge in [-0.1, -0.05) is 11.6 Å². The summed E-state index contributed by atoms with van der Waals surface area (Å²) in [5, 5.41) is 9.58. The summed E-state index contributed by atoms with van der Waals surface area (Å²) >= 11 is 5.86. The van der Waals surface area contributed by atoms with Crippen LogP contribution >= 0.6 is 11.6 Å². The molecule has 1 rings (SSSR count). The molecule has 0 aliphatic rings. The number of carbonyl (C=O) groups excluding carboxylic acids is 1. The highest BCUT2D eigenvalue weighted by Crippen LogP contribution is 2.21. The standard InChI is InChI=1S/C14H20ClNO4/c1-11-9-12(15)3-4-13(11)20-10-14(18)16(5-7-17)6-8-19-2/h3-4,9,17H,5-8,10H2,1-2H3. The van der Waals surface area contributed by atoms with Crippen LogP contribution in [0.5, 0.6) is 5.75 Å². The number of hydrogen-bond acceptors (Lipinski definition) is 4. The number of benzene rings is 1. The second-order valence-corrected chi connectivity index (χ2v) is 4.73. The van der Waals surface area contributed by atoms with Gasteiger partial charge in [-0.25, -0.2) is 0 Å². The zero-order valence-corrected chi connectivity index (χ0v) is 12.5. The number of halogens is 1. The van der Waals surface area contributed by atoms with Crippen molar-refractivity contribution >= 4 is 17.5 Å². The number of ether oxygens (including phenoxy) is 2. The molecule has 0 aliphatic heterocycles. The van der Waals surface area contributed by atoms with Crippen molar-refractivity contribution in [1.29, 1.82) is 0 Å². The molecule has 0 unspecified atom stereocenters. The molecular formula is C14H20ClNO4. The molecule has 0 radical (unpaired) electrons. The molecule has 1 aromatic carbocycles. The Hall–Kier alpha value is -1.30. The Kier molecular flexibility index (Phi) is 7.36. The SMILES string of the molecule is COCCN(CCO)C(=O)COc1ccc(Cl)cc1C. The Balaban J connectivity index is 2.55. The quantitative estimate of drug-likeness (QED) is 0.790. The van der Waals surface area contributed by atoms with Crippen LogP contribution < -0.4 is 4.74 Å². The molecule has 1 N–H and O–H groups in total. The van der Waals surface area contributed by atoms with E-state index in [4.69, 9.17) is 26.2 Å². The summed E-state index contributed by atoms with van der Waals surface area (Å²) in [6.07, 6.45) is 0. The van der Waals surface area contributed by atoms with Gasteiger partial charge in [0, 0.05) is 25.2 Å². The molecule has 0 atom stereocenters. The first-order valence-electron chi connectivity index (χ1n) is 6.35. The molecule has 0 saturated carbocycles. The third-order valence-corrected chi connectivity index (χ3v) is 3.01. The Morgan fingerprint density at radius 1 is 1.40 bits per heavy atom. The maximum Gasteiger partial charge on any atom is 0.260 e. The number of hydrogen-bond donors (Lipinski definition) is 1. The number of amides is 1. The topological polar surface area (TPSA) is 59.0 Å². The highest BCUT2D eigenvalue weighted by Gasteiger charge is 2.14. The lowest BCUT2D eigenvalue weighted by molar-refractivity contribution is -0.134. The van der Waals surface area contributed by atoms with E-state index in [1.54, 1.807) is 25.3 Å². The summed E-state index contributed by atoms with van der Waals surface area (Å²) in [5.41, 5.74) is 0.871. The minimum Gasteiger partial charge on any atom is -0.483 e. The number of aliphatic hydroxyl groups excluding tert-OH is 1. The average molecular weight is 302 g/mol. The molecule has 1 aromatic rings. The lowest BCUT2D eigenvalue weighted by atomic mass is 10.2. The van der Waals surface area contributed by atoms with Crippen molar-refractivity contribution < 1.29 is 19.4 Å². The van der Waals surface area contributed by atoms with Crippen LogP contribution in [0.2, 0.25) is 5.02 Å². The predicted octanol–water partition coefficient (Wildman–Crippen LogP) is 1.49. The maximum absolute atomic E-state index is 12.0. The fraction of sp³-hybridized carbons (Fsp3) is 0.500. The van der Waals surface area contributed by atoms with Gasteiger partial charge in [0.05, 0.1) is 13.2 Å². The molecule has 0 saturated heterocycles. The summed E-state index contributed by atoms with van der Waals surface area (Å²) in [4.78, 5) is 13.5. The Bertz CT molecular complexity index is 439. The zero-order chi connectivity index (χ0) is 15.0. The van der Waals surface area contributed by atoms with Crippen LogP contribution in [0.3, 0.4) is 0 Å². The van der Waals surface area contributed by atoms with E-state index in [0.29, 0.717) is 23.9 Å². The van der Waals surface area contributed by atoms with E-state index in [1.807, 2.05) is 6.92 Å². The van der Waals surface area contributed by atoms with Crippen LogP contribution in [0.25, 0.3) is 0 Å². The Morgan fingerprint density at radius 3 is 2.75 bits per heavy atom. The van der Waals surface area contributed by atoms with Crippen LogP contribution in [-0.4, -0.2) is 55.9 Å². The molecule has 0 aliphatic carbocycles. The number of rotatable bonds is 8. The summed E-state index contributed by atoms with van der Waals surface area (Å²) in [5.74, 6) is 0.434. The number of aryl methyl sites for hydroxylation is 1. The first kappa shape index (κ1) is 16.8. The molecule has 6 heteroatoms. The average Bonchev–Trinajstić information content (AvgIpc) is 2.42. The van der Waals surface area contributed by atoms with E-state index in [2.05, 4.69) is 0 Å². The van der Waals surface area contributed by atoms with E-state index < -0.39 is 0 Å². The van der Waals surface area contributed by atoms with Crippen molar-refractivity contribution in [3.63, 3.8) is 0 Å². The smallest absolute Gasteiger partial charge is 0.260 e. The van der Waals surface area contributed by atoms with E-state index >= 15 is 0 Å². The molecule has 112 valence electrons. The lowest BCUT2D eigenvalue weighted by Gasteiger charge is -2.21. The highest BCUT2D eigenvalue weighted by molar-refractivity contribution is 6.30. The van der Waals surface area contributed by atoms with Gasteiger partial charge in [-0.15, -0.1) is 0 Å². The van der Waals surface area contributed by atoms with Crippen molar-refractivity contribution in [1.82, 2.24) is 4.90 Å². The van der Waals surface area contributed by atoms with Gasteiger partial charge in [0.2, 0.25) is 0 Å². The summed E-state index contributed by atoms with van der Waals surface area (Å²) < 4.78 is 10.4. The largest absolute Gasteiger partial charge is 0.483 e. The third-order valence-electron chi connectivity index (χ3n) is 2.78. The normalized spacial score (nSPS) is 10.4. The van der Waals surface area contributed by atoms with Gasteiger partial charge in [0.15, 0.2) is 6.61 Å². The van der Waals surface area contributed by atoms with Crippen LogP contribution in [0, 0.1) is 6.92 Å². The predicted molar refractivity (Wildman–Crippen MR) is 77.2 cm³/mol. The fourth-order valence-corrected chi connectivity index (χ4v) is 1.92. The number of carbonyl (C=O) groups is 1. The van der Waals surface area contributed by atoms with Gasteiger partial charge in [-0.05, 0) is 30.7 Å². The minimum absolute atomic E-state index is 0.0772. The van der Waals surface area contributed by atoms with E-state index in [9.17, 15) is 4.79 Å². The highest BCUT2D eigenvalue weighted by atomic mass is 35.5. The second-order valence-electron chi connectivity index (χ2n) is 4.30. The first-order valence-corrected chi connectivity index (χ1v) is 6.72. The number of aliphatic hydroxyl groups is 1. The maximum atomic E-state index is 12.0. The first-order chi connectivity index (χ1) is 9.58. The van der Waals surface area contributed by atoms with E-state index in [0.717, 1.165) is 5.56 Å². The van der Waals surface area contributed by atoms with Crippen molar-refractivity contribution in [3.8, 4) is 5.75 Å². The van der Waals surface area contributed by atoms with Crippen molar-refractivity contribution in [2.45, 2.75) is 6.92 Å². The van der Waals surface area contributed by atoms with Gasteiger partial charge in [-0.2, -0.15) is 0 Å². The van der Waals surface area contributed by atoms with Crippen LogP contribution in [0.15, 0.2) is 18.2 Å². The minimum atomic E-state index is -0.189. The summed E-state index contributed by atoms with van der Waals surface area (Å²) in [6.45, 7) is 2.82. The van der Waals surface area contributed by atoms with Gasteiger partial charge in [-0.3, -0.25) is 4.79 Å². The molecule has 0 heterocycles. The lowest BCUT2D eigenvalue weighted by Crippen LogP contribution is -2.39. The molecule has 0 fully saturated rings. The van der Waals surface area contributed by atoms with E-state index in [1.165, 1.54) is 4.90 Å². The van der Waals surface area contributed by atoms with Gasteiger partial charge in [0.25, 0.3) is 5.91 Å². The molecule has 0 bridgehead atoms. The number of methoxy groups -OCH3 is 1. The van der Waals surface area contributed by atoms with Crippen molar-refractivity contribution in [3.05, 3.63) is 28.8 Å². The zero-order valence-electron chi connectivity index (χ0n) is 11.8. The van der Waals surface area contributed by atoms with Gasteiger partial charge >= 0.3 is 0 Å². The van der Waals surface area contributed by atoms with Crippen LogP contribution in [0.1, 0.15) is 5.56 Å². The molecule has 5 nitrogen and oxygen atoms in total. The van der Waals surface area contributed by atoms with E-state index in [-0.39, 0.29) is 25.7 Å². The summed E-state index contributed by atoms with van der Waals surface area (Å²) in [6, 6.07) is 5.22. The van der Waals surface area contributed by atoms with Crippen LogP contribution in [-0.2, 0) is 9.53 Å². The fourth-order valence-electron chi connectivity index (χ4n) is 1.69. The monoisotopic (exact) mass is 301 g/mol. The Labute approximate surface area is 124 Å². The third kappa shape index (κ3) is 5.36. The molecule has 20 heavy (non-hydrogen) atoms. The number of nitrogens with zero attached hydrogens (tertiary/aromatic N) is 1. The summed E-state index contributed by atoms with van der Waals surface area (Å²) in [7, 11) is 1.56. The Morgan fingerprint density at radius 2 is 2.15 bits per heavy atom. The molecular weight excluding hydrogens is 282 g/mol. The van der Waals surface area contributed by atoms with Crippen molar-refractivity contribution in [2.24, 2.45) is 0 Å².